The Morgan fingerprint density at radius 1 is 1.11 bits per heavy atom. The molecule has 2 nitrogen and oxygen atoms in total. The quantitative estimate of drug-likeness (QED) is 0.758. The molecule has 18 heavy (non-hydrogen) atoms. The number of hydrogen-bond acceptors (Lipinski definition) is 2. The summed E-state index contributed by atoms with van der Waals surface area (Å²) in [6.07, 6.45) is 1.95. The molecule has 0 aliphatic carbocycles. The third-order valence-corrected chi connectivity index (χ3v) is 3.80. The first-order valence-electron chi connectivity index (χ1n) is 6.95. The summed E-state index contributed by atoms with van der Waals surface area (Å²) in [5, 5.41) is 13.7. The van der Waals surface area contributed by atoms with Gasteiger partial charge in [0.1, 0.15) is 0 Å². The molecular weight excluding hydrogens is 222 g/mol. The number of unbranched alkanes of at least 4 members (excludes halogenated alkanes) is 1. The molecule has 1 unspecified atom stereocenters. The fourth-order valence-electron chi connectivity index (χ4n) is 2.39. The van der Waals surface area contributed by atoms with Gasteiger partial charge in [-0.3, -0.25) is 0 Å². The Kier molecular flexibility index (Phi) is 5.83. The van der Waals surface area contributed by atoms with Gasteiger partial charge in [0.15, 0.2) is 0 Å². The molecule has 0 aromatic heterocycles. The molecule has 1 atom stereocenters. The second-order valence-electron chi connectivity index (χ2n) is 5.25. The molecule has 2 N–H and O–H groups in total. The number of hydrogen-bond donors (Lipinski definition) is 2. The second kappa shape index (κ2) is 6.91. The van der Waals surface area contributed by atoms with Gasteiger partial charge in [0.2, 0.25) is 0 Å². The molecule has 0 saturated heterocycles. The Balaban J connectivity index is 2.81. The van der Waals surface area contributed by atoms with Gasteiger partial charge in [-0.25, -0.2) is 0 Å². The summed E-state index contributed by atoms with van der Waals surface area (Å²) in [7, 11) is 0. The third-order valence-electron chi connectivity index (χ3n) is 3.80. The molecular formula is C16H27NO. The van der Waals surface area contributed by atoms with Gasteiger partial charge in [-0.15, -0.1) is 0 Å². The minimum atomic E-state index is -0.402. The topological polar surface area (TPSA) is 32.3 Å². The number of nitrogens with one attached hydrogen (secondary N) is 1. The first kappa shape index (κ1) is 15.2. The van der Waals surface area contributed by atoms with E-state index < -0.39 is 6.10 Å². The van der Waals surface area contributed by atoms with Crippen molar-refractivity contribution >= 4 is 0 Å². The number of aryl methyl sites for hydroxylation is 2. The van der Waals surface area contributed by atoms with Crippen molar-refractivity contribution in [3.63, 3.8) is 0 Å². The number of benzene rings is 1. The maximum atomic E-state index is 10.4. The average Bonchev–Trinajstić information content (AvgIpc) is 2.32. The van der Waals surface area contributed by atoms with Crippen molar-refractivity contribution in [3.05, 3.63) is 33.9 Å². The van der Waals surface area contributed by atoms with E-state index in [0.29, 0.717) is 6.54 Å². The van der Waals surface area contributed by atoms with Crippen LogP contribution in [-0.2, 0) is 0 Å². The zero-order chi connectivity index (χ0) is 13.7. The molecule has 0 saturated carbocycles. The average molecular weight is 249 g/mol. The van der Waals surface area contributed by atoms with Gasteiger partial charge < -0.3 is 10.4 Å². The van der Waals surface area contributed by atoms with E-state index >= 15 is 0 Å². The van der Waals surface area contributed by atoms with Crippen LogP contribution in [0, 0.1) is 27.7 Å². The standard InChI is InChI=1S/C16H27NO/c1-6-7-8-17-10-15(18)16-13(4)11(2)9-12(3)14(16)5/h9,15,17-18H,6-8,10H2,1-5H3. The van der Waals surface area contributed by atoms with Gasteiger partial charge in [0.25, 0.3) is 0 Å². The van der Waals surface area contributed by atoms with E-state index in [4.69, 9.17) is 0 Å². The van der Waals surface area contributed by atoms with Gasteiger partial charge in [-0.1, -0.05) is 19.4 Å². The summed E-state index contributed by atoms with van der Waals surface area (Å²) in [5.41, 5.74) is 6.09. The van der Waals surface area contributed by atoms with E-state index in [-0.39, 0.29) is 0 Å². The van der Waals surface area contributed by atoms with E-state index in [9.17, 15) is 5.11 Å². The van der Waals surface area contributed by atoms with E-state index in [1.807, 2.05) is 0 Å². The zero-order valence-electron chi connectivity index (χ0n) is 12.4. The molecule has 0 heterocycles. The SMILES string of the molecule is CCCCNCC(O)c1c(C)c(C)cc(C)c1C. The highest BCUT2D eigenvalue weighted by Gasteiger charge is 2.15. The molecule has 102 valence electrons. The van der Waals surface area contributed by atoms with Crippen LogP contribution in [-0.4, -0.2) is 18.2 Å². The van der Waals surface area contributed by atoms with E-state index in [0.717, 1.165) is 18.5 Å². The maximum Gasteiger partial charge on any atom is 0.0919 e. The highest BCUT2D eigenvalue weighted by molar-refractivity contribution is 5.45. The second-order valence-corrected chi connectivity index (χ2v) is 5.25. The Hall–Kier alpha value is -0.860. The molecule has 1 aromatic carbocycles. The first-order chi connectivity index (χ1) is 8.49. The Morgan fingerprint density at radius 2 is 1.67 bits per heavy atom. The Labute approximate surface area is 111 Å². The maximum absolute atomic E-state index is 10.4. The molecule has 0 amide bonds. The third kappa shape index (κ3) is 3.56. The summed E-state index contributed by atoms with van der Waals surface area (Å²) in [5.74, 6) is 0. The van der Waals surface area contributed by atoms with Crippen molar-refractivity contribution in [3.8, 4) is 0 Å². The Bertz CT molecular complexity index is 372. The van der Waals surface area contributed by atoms with Crippen LogP contribution in [0.1, 0.15) is 53.7 Å². The summed E-state index contributed by atoms with van der Waals surface area (Å²) in [6, 6.07) is 2.20. The van der Waals surface area contributed by atoms with E-state index in [2.05, 4.69) is 46.0 Å². The molecule has 0 bridgehead atoms. The molecule has 0 radical (unpaired) electrons. The van der Waals surface area contributed by atoms with E-state index in [1.54, 1.807) is 0 Å². The van der Waals surface area contributed by atoms with Crippen molar-refractivity contribution in [2.75, 3.05) is 13.1 Å². The van der Waals surface area contributed by atoms with Crippen molar-refractivity contribution in [2.24, 2.45) is 0 Å². The van der Waals surface area contributed by atoms with Gasteiger partial charge in [0, 0.05) is 6.54 Å². The van der Waals surface area contributed by atoms with Crippen molar-refractivity contribution < 1.29 is 5.11 Å². The van der Waals surface area contributed by atoms with Crippen LogP contribution >= 0.6 is 0 Å². The van der Waals surface area contributed by atoms with Crippen molar-refractivity contribution in [2.45, 2.75) is 53.6 Å². The summed E-state index contributed by atoms with van der Waals surface area (Å²) < 4.78 is 0. The van der Waals surface area contributed by atoms with Gasteiger partial charge in [-0.05, 0) is 68.5 Å². The largest absolute Gasteiger partial charge is 0.387 e. The monoisotopic (exact) mass is 249 g/mol. The van der Waals surface area contributed by atoms with E-state index in [1.165, 1.54) is 28.7 Å². The minimum absolute atomic E-state index is 0.402. The number of rotatable bonds is 6. The summed E-state index contributed by atoms with van der Waals surface area (Å²) >= 11 is 0. The lowest BCUT2D eigenvalue weighted by atomic mass is 9.91. The molecule has 1 rings (SSSR count). The number of aliphatic hydroxyl groups excluding tert-OH is 1. The predicted molar refractivity (Wildman–Crippen MR) is 78.1 cm³/mol. The van der Waals surface area contributed by atoms with Crippen LogP contribution in [0.2, 0.25) is 0 Å². The molecule has 0 fully saturated rings. The minimum Gasteiger partial charge on any atom is -0.387 e. The summed E-state index contributed by atoms with van der Waals surface area (Å²) in [4.78, 5) is 0. The van der Waals surface area contributed by atoms with Crippen LogP contribution in [0.5, 0.6) is 0 Å². The molecule has 0 aliphatic heterocycles. The van der Waals surface area contributed by atoms with Crippen LogP contribution < -0.4 is 5.32 Å². The van der Waals surface area contributed by atoms with Crippen LogP contribution in [0.3, 0.4) is 0 Å². The molecule has 2 heteroatoms. The predicted octanol–water partition coefficient (Wildman–Crippen LogP) is 3.34. The number of aliphatic hydroxyl groups is 1. The van der Waals surface area contributed by atoms with Gasteiger partial charge in [-0.2, -0.15) is 0 Å². The lowest BCUT2D eigenvalue weighted by molar-refractivity contribution is 0.173. The smallest absolute Gasteiger partial charge is 0.0919 e. The molecule has 0 aliphatic rings. The Morgan fingerprint density at radius 3 is 2.17 bits per heavy atom. The van der Waals surface area contributed by atoms with Crippen molar-refractivity contribution in [1.82, 2.24) is 5.32 Å². The van der Waals surface area contributed by atoms with Crippen LogP contribution in [0.4, 0.5) is 0 Å². The first-order valence-corrected chi connectivity index (χ1v) is 6.95. The fourth-order valence-corrected chi connectivity index (χ4v) is 2.39. The summed E-state index contributed by atoms with van der Waals surface area (Å²) in [6.45, 7) is 12.2. The molecule has 0 spiro atoms. The lowest BCUT2D eigenvalue weighted by Crippen LogP contribution is -2.23. The highest BCUT2D eigenvalue weighted by atomic mass is 16.3. The van der Waals surface area contributed by atoms with Crippen LogP contribution in [0.25, 0.3) is 0 Å². The zero-order valence-corrected chi connectivity index (χ0v) is 12.4. The lowest BCUT2D eigenvalue weighted by Gasteiger charge is -2.20. The fraction of sp³-hybridized carbons (Fsp3) is 0.625. The molecule has 1 aromatic rings. The van der Waals surface area contributed by atoms with Crippen LogP contribution in [0.15, 0.2) is 6.07 Å². The normalized spacial score (nSPS) is 12.8. The van der Waals surface area contributed by atoms with Gasteiger partial charge in [0.05, 0.1) is 6.10 Å². The highest BCUT2D eigenvalue weighted by Crippen LogP contribution is 2.26. The van der Waals surface area contributed by atoms with Gasteiger partial charge >= 0.3 is 0 Å². The van der Waals surface area contributed by atoms with Crippen molar-refractivity contribution in [1.29, 1.82) is 0 Å².